The van der Waals surface area contributed by atoms with Gasteiger partial charge in [0.15, 0.2) is 0 Å². The number of pyridine rings is 1. The first kappa shape index (κ1) is 21.1. The number of aryl methyl sites for hydroxylation is 2. The van der Waals surface area contributed by atoms with Crippen molar-refractivity contribution in [1.82, 2.24) is 14.8 Å². The zero-order valence-corrected chi connectivity index (χ0v) is 17.6. The summed E-state index contributed by atoms with van der Waals surface area (Å²) in [6.07, 6.45) is 3.28. The van der Waals surface area contributed by atoms with Crippen LogP contribution in [0.3, 0.4) is 0 Å². The lowest BCUT2D eigenvalue weighted by atomic mass is 10.1. The number of hydroxylamine groups is 1. The van der Waals surface area contributed by atoms with E-state index in [1.165, 1.54) is 27.8 Å². The Balaban J connectivity index is 1.95. The van der Waals surface area contributed by atoms with Crippen LogP contribution in [0.4, 0.5) is 0 Å². The van der Waals surface area contributed by atoms with Crippen LogP contribution in [0.25, 0.3) is 0 Å². The molecular formula is C20H21N3O4S2. The Morgan fingerprint density at radius 1 is 1.14 bits per heavy atom. The van der Waals surface area contributed by atoms with Crippen LogP contribution in [0.5, 0.6) is 0 Å². The second kappa shape index (κ2) is 8.83. The van der Waals surface area contributed by atoms with E-state index in [2.05, 4.69) is 4.98 Å². The molecule has 152 valence electrons. The second-order valence-corrected chi connectivity index (χ2v) is 9.92. The molecule has 29 heavy (non-hydrogen) atoms. The molecule has 9 heteroatoms. The first-order valence-electron chi connectivity index (χ1n) is 8.80. The van der Waals surface area contributed by atoms with Crippen LogP contribution in [0.15, 0.2) is 59.8 Å². The van der Waals surface area contributed by atoms with E-state index in [9.17, 15) is 13.2 Å². The van der Waals surface area contributed by atoms with Crippen molar-refractivity contribution < 1.29 is 18.4 Å². The van der Waals surface area contributed by atoms with Gasteiger partial charge in [-0.1, -0.05) is 18.2 Å². The summed E-state index contributed by atoms with van der Waals surface area (Å²) >= 11 is 1.45. The third-order valence-electron chi connectivity index (χ3n) is 4.37. The van der Waals surface area contributed by atoms with Crippen LogP contribution in [0.1, 0.15) is 31.2 Å². The molecule has 2 N–H and O–H groups in total. The van der Waals surface area contributed by atoms with Crippen LogP contribution in [0, 0.1) is 13.8 Å². The monoisotopic (exact) mass is 431 g/mol. The fourth-order valence-electron chi connectivity index (χ4n) is 2.95. The minimum Gasteiger partial charge on any atom is -0.288 e. The normalized spacial score (nSPS) is 11.6. The predicted molar refractivity (Wildman–Crippen MR) is 110 cm³/mol. The van der Waals surface area contributed by atoms with Crippen LogP contribution in [-0.2, 0) is 23.1 Å². The Bertz CT molecular complexity index is 1090. The van der Waals surface area contributed by atoms with Crippen LogP contribution < -0.4 is 5.48 Å². The number of benzene rings is 1. The Morgan fingerprint density at radius 3 is 2.38 bits per heavy atom. The number of amides is 1. The van der Waals surface area contributed by atoms with Crippen LogP contribution >= 0.6 is 11.3 Å². The van der Waals surface area contributed by atoms with Gasteiger partial charge in [-0.3, -0.25) is 15.0 Å². The molecule has 0 bridgehead atoms. The fraction of sp³-hybridized carbons (Fsp3) is 0.200. The predicted octanol–water partition coefficient (Wildman–Crippen LogP) is 3.27. The van der Waals surface area contributed by atoms with E-state index in [-0.39, 0.29) is 18.7 Å². The molecule has 3 aromatic rings. The molecule has 7 nitrogen and oxygen atoms in total. The molecule has 2 heterocycles. The third-order valence-corrected chi connectivity index (χ3v) is 7.38. The fourth-order valence-corrected chi connectivity index (χ4v) is 5.89. The molecule has 1 amide bonds. The summed E-state index contributed by atoms with van der Waals surface area (Å²) in [6, 6.07) is 11.7. The summed E-state index contributed by atoms with van der Waals surface area (Å²) in [7, 11) is -3.74. The van der Waals surface area contributed by atoms with Crippen molar-refractivity contribution in [3.05, 3.63) is 81.3 Å². The highest BCUT2D eigenvalue weighted by Gasteiger charge is 2.28. The molecule has 0 fully saturated rings. The molecular weight excluding hydrogens is 410 g/mol. The number of carbonyl (C=O) groups excluding carboxylic acids is 1. The average molecular weight is 432 g/mol. The van der Waals surface area contributed by atoms with E-state index in [1.54, 1.807) is 49.1 Å². The molecule has 0 saturated heterocycles. The summed E-state index contributed by atoms with van der Waals surface area (Å²) in [5.41, 5.74) is 3.35. The number of nitrogens with one attached hydrogen (secondary N) is 1. The summed E-state index contributed by atoms with van der Waals surface area (Å²) < 4.78 is 28.2. The minimum absolute atomic E-state index is 0.132. The van der Waals surface area contributed by atoms with E-state index in [0.717, 1.165) is 20.9 Å². The number of aromatic nitrogens is 1. The standard InChI is InChI=1S/C20H21N3O4S2/c1-14-10-19(15(2)28-14)29(26,27)23(13-17-4-3-9-21-11-17)12-16-5-7-18(8-6-16)20(24)22-25/h3-11,25H,12-13H2,1-2H3,(H,22,24). The molecule has 2 aromatic heterocycles. The molecule has 0 aliphatic heterocycles. The Kier molecular flexibility index (Phi) is 6.43. The number of rotatable bonds is 7. The van der Waals surface area contributed by atoms with Crippen molar-refractivity contribution in [2.75, 3.05) is 0 Å². The Morgan fingerprint density at radius 2 is 1.83 bits per heavy atom. The number of carbonyl (C=O) groups is 1. The molecule has 0 saturated carbocycles. The highest BCUT2D eigenvalue weighted by atomic mass is 32.2. The van der Waals surface area contributed by atoms with Crippen molar-refractivity contribution in [2.45, 2.75) is 31.8 Å². The van der Waals surface area contributed by atoms with E-state index in [0.29, 0.717) is 4.90 Å². The molecule has 0 spiro atoms. The van der Waals surface area contributed by atoms with Gasteiger partial charge in [0.25, 0.3) is 5.91 Å². The van der Waals surface area contributed by atoms with Gasteiger partial charge in [-0.05, 0) is 49.2 Å². The first-order chi connectivity index (χ1) is 13.8. The second-order valence-electron chi connectivity index (χ2n) is 6.55. The van der Waals surface area contributed by atoms with Gasteiger partial charge in [-0.15, -0.1) is 11.3 Å². The topological polar surface area (TPSA) is 99.6 Å². The van der Waals surface area contributed by atoms with E-state index < -0.39 is 15.9 Å². The number of hydrogen-bond donors (Lipinski definition) is 2. The third kappa shape index (κ3) is 4.88. The van der Waals surface area contributed by atoms with Crippen molar-refractivity contribution in [3.63, 3.8) is 0 Å². The zero-order valence-electron chi connectivity index (χ0n) is 16.0. The van der Waals surface area contributed by atoms with Crippen LogP contribution in [-0.4, -0.2) is 28.8 Å². The van der Waals surface area contributed by atoms with E-state index in [4.69, 9.17) is 5.21 Å². The van der Waals surface area contributed by atoms with Gasteiger partial charge in [0.1, 0.15) is 0 Å². The van der Waals surface area contributed by atoms with Gasteiger partial charge in [0, 0.05) is 40.8 Å². The Labute approximate surface area is 173 Å². The Hall–Kier alpha value is -2.59. The van der Waals surface area contributed by atoms with E-state index in [1.807, 2.05) is 13.0 Å². The number of hydrogen-bond acceptors (Lipinski definition) is 6. The van der Waals surface area contributed by atoms with Crippen molar-refractivity contribution >= 4 is 27.3 Å². The lowest BCUT2D eigenvalue weighted by molar-refractivity contribution is 0.0706. The largest absolute Gasteiger partial charge is 0.288 e. The molecule has 0 aliphatic rings. The summed E-state index contributed by atoms with van der Waals surface area (Å²) in [5.74, 6) is -0.624. The lowest BCUT2D eigenvalue weighted by Gasteiger charge is -2.22. The van der Waals surface area contributed by atoms with Gasteiger partial charge >= 0.3 is 0 Å². The van der Waals surface area contributed by atoms with Gasteiger partial charge in [0.05, 0.1) is 4.90 Å². The average Bonchev–Trinajstić information content (AvgIpc) is 3.07. The highest BCUT2D eigenvalue weighted by molar-refractivity contribution is 7.89. The van der Waals surface area contributed by atoms with Crippen LogP contribution in [0.2, 0.25) is 0 Å². The molecule has 0 atom stereocenters. The maximum Gasteiger partial charge on any atom is 0.274 e. The quantitative estimate of drug-likeness (QED) is 0.442. The summed E-state index contributed by atoms with van der Waals surface area (Å²) in [6.45, 7) is 3.98. The summed E-state index contributed by atoms with van der Waals surface area (Å²) in [4.78, 5) is 17.6. The van der Waals surface area contributed by atoms with Gasteiger partial charge < -0.3 is 0 Å². The zero-order chi connectivity index (χ0) is 21.0. The molecule has 0 unspecified atom stereocenters. The van der Waals surface area contributed by atoms with Gasteiger partial charge in [0.2, 0.25) is 10.0 Å². The van der Waals surface area contributed by atoms with Gasteiger partial charge in [-0.2, -0.15) is 4.31 Å². The van der Waals surface area contributed by atoms with Gasteiger partial charge in [-0.25, -0.2) is 13.9 Å². The molecule has 1 aromatic carbocycles. The SMILES string of the molecule is Cc1cc(S(=O)(=O)N(Cc2ccc(C(=O)NO)cc2)Cc2cccnc2)c(C)s1. The maximum absolute atomic E-state index is 13.4. The maximum atomic E-state index is 13.4. The van der Waals surface area contributed by atoms with Crippen molar-refractivity contribution in [2.24, 2.45) is 0 Å². The number of sulfonamides is 1. The molecule has 3 rings (SSSR count). The number of nitrogens with zero attached hydrogens (tertiary/aromatic N) is 2. The molecule has 0 radical (unpaired) electrons. The number of thiophene rings is 1. The lowest BCUT2D eigenvalue weighted by Crippen LogP contribution is -2.30. The smallest absolute Gasteiger partial charge is 0.274 e. The van der Waals surface area contributed by atoms with Crippen molar-refractivity contribution in [3.8, 4) is 0 Å². The summed E-state index contributed by atoms with van der Waals surface area (Å²) in [5, 5.41) is 8.74. The highest BCUT2D eigenvalue weighted by Crippen LogP contribution is 2.29. The minimum atomic E-state index is -3.74. The van der Waals surface area contributed by atoms with Crippen molar-refractivity contribution in [1.29, 1.82) is 0 Å². The first-order valence-corrected chi connectivity index (χ1v) is 11.1. The van der Waals surface area contributed by atoms with E-state index >= 15 is 0 Å². The molecule has 0 aliphatic carbocycles.